The molecule has 0 spiro atoms. The highest BCUT2D eigenvalue weighted by Crippen LogP contribution is 2.35. The molecule has 4 aromatic rings. The first-order chi connectivity index (χ1) is 19.6. The number of hydrogen-bond donors (Lipinski definition) is 0. The number of piperidine rings is 1. The number of fused-ring (bicyclic) bond motifs is 1. The van der Waals surface area contributed by atoms with E-state index in [-0.39, 0.29) is 29.2 Å². The van der Waals surface area contributed by atoms with Crippen LogP contribution in [0, 0.1) is 12.7 Å². The van der Waals surface area contributed by atoms with Gasteiger partial charge in [-0.2, -0.15) is 18.3 Å². The van der Waals surface area contributed by atoms with Gasteiger partial charge in [-0.25, -0.2) is 9.07 Å². The SMILES string of the molecule is Cc1ccc2c(c1)CC(=O)N2C1CCN(C(=O)c2cc(-c3cccnc3)n(-c3ccc(C(F)(F)F)c(F)c3)n2)CC1. The minimum Gasteiger partial charge on any atom is -0.337 e. The zero-order valence-electron chi connectivity index (χ0n) is 22.0. The Kier molecular flexibility index (Phi) is 6.59. The van der Waals surface area contributed by atoms with E-state index >= 15 is 0 Å². The first-order valence-electron chi connectivity index (χ1n) is 13.2. The van der Waals surface area contributed by atoms with E-state index in [0.29, 0.717) is 49.7 Å². The van der Waals surface area contributed by atoms with Gasteiger partial charge >= 0.3 is 6.18 Å². The van der Waals surface area contributed by atoms with Gasteiger partial charge in [-0.3, -0.25) is 14.6 Å². The fraction of sp³-hybridized carbons (Fsp3) is 0.267. The number of rotatable bonds is 4. The Labute approximate surface area is 233 Å². The van der Waals surface area contributed by atoms with E-state index in [1.165, 1.54) is 16.9 Å². The highest BCUT2D eigenvalue weighted by molar-refractivity contribution is 6.02. The van der Waals surface area contributed by atoms with Crippen LogP contribution in [0.25, 0.3) is 16.9 Å². The summed E-state index contributed by atoms with van der Waals surface area (Å²) >= 11 is 0. The van der Waals surface area contributed by atoms with Crippen molar-refractivity contribution < 1.29 is 27.2 Å². The maximum Gasteiger partial charge on any atom is 0.419 e. The van der Waals surface area contributed by atoms with Gasteiger partial charge in [0.15, 0.2) is 5.69 Å². The number of aromatic nitrogens is 3. The van der Waals surface area contributed by atoms with Gasteiger partial charge in [-0.1, -0.05) is 17.7 Å². The van der Waals surface area contributed by atoms with Gasteiger partial charge < -0.3 is 9.80 Å². The molecule has 6 rings (SSSR count). The molecule has 0 atom stereocenters. The normalized spacial score (nSPS) is 15.9. The molecule has 2 aliphatic heterocycles. The first-order valence-corrected chi connectivity index (χ1v) is 13.2. The highest BCUT2D eigenvalue weighted by Gasteiger charge is 2.37. The van der Waals surface area contributed by atoms with Crippen LogP contribution in [0.1, 0.15) is 40.0 Å². The summed E-state index contributed by atoms with van der Waals surface area (Å²) in [5.74, 6) is -1.74. The lowest BCUT2D eigenvalue weighted by molar-refractivity contribution is -0.140. The molecule has 0 aliphatic carbocycles. The maximum absolute atomic E-state index is 14.5. The van der Waals surface area contributed by atoms with Gasteiger partial charge in [0.25, 0.3) is 5.91 Å². The van der Waals surface area contributed by atoms with Crippen LogP contribution >= 0.6 is 0 Å². The van der Waals surface area contributed by atoms with Crippen molar-refractivity contribution in [2.45, 2.75) is 38.4 Å². The number of halogens is 4. The van der Waals surface area contributed by atoms with Crippen molar-refractivity contribution in [3.63, 3.8) is 0 Å². The zero-order valence-corrected chi connectivity index (χ0v) is 22.0. The Balaban J connectivity index is 1.25. The molecular formula is C30H25F4N5O2. The lowest BCUT2D eigenvalue weighted by atomic mass is 10.0. The van der Waals surface area contributed by atoms with Crippen molar-refractivity contribution in [3.8, 4) is 16.9 Å². The minimum absolute atomic E-state index is 0.0332. The maximum atomic E-state index is 14.5. The summed E-state index contributed by atoms with van der Waals surface area (Å²) in [6.07, 6.45) is -0.207. The van der Waals surface area contributed by atoms with Gasteiger partial charge in [-0.05, 0) is 61.7 Å². The molecule has 41 heavy (non-hydrogen) atoms. The van der Waals surface area contributed by atoms with Crippen LogP contribution in [0.2, 0.25) is 0 Å². The summed E-state index contributed by atoms with van der Waals surface area (Å²) in [6.45, 7) is 2.80. The number of hydrogen-bond acceptors (Lipinski definition) is 4. The predicted octanol–water partition coefficient (Wildman–Crippen LogP) is 5.59. The van der Waals surface area contributed by atoms with Crippen molar-refractivity contribution in [2.24, 2.45) is 0 Å². The Morgan fingerprint density at radius 1 is 1.02 bits per heavy atom. The summed E-state index contributed by atoms with van der Waals surface area (Å²) in [4.78, 5) is 34.0. The number of anilines is 1. The third-order valence-corrected chi connectivity index (χ3v) is 7.61. The van der Waals surface area contributed by atoms with Crippen LogP contribution in [-0.2, 0) is 17.4 Å². The standard InChI is InChI=1S/C30H25F4N5O2/c1-18-4-7-26-20(13-18)14-28(40)38(26)21-8-11-37(12-9-21)29(41)25-16-27(19-3-2-10-35-17-19)39(36-25)22-5-6-23(24(31)15-22)30(32,33)34/h2-7,10,13,15-17,21H,8-9,11-12,14H2,1H3. The van der Waals surface area contributed by atoms with Gasteiger partial charge in [0.1, 0.15) is 5.82 Å². The second kappa shape index (κ2) is 10.1. The third kappa shape index (κ3) is 4.96. The molecular weight excluding hydrogens is 538 g/mol. The second-order valence-electron chi connectivity index (χ2n) is 10.3. The number of alkyl halides is 3. The quantitative estimate of drug-likeness (QED) is 0.304. The fourth-order valence-corrected chi connectivity index (χ4v) is 5.63. The lowest BCUT2D eigenvalue weighted by Gasteiger charge is -2.36. The molecule has 1 fully saturated rings. The van der Waals surface area contributed by atoms with Crippen molar-refractivity contribution in [1.29, 1.82) is 0 Å². The van der Waals surface area contributed by atoms with Crippen molar-refractivity contribution in [3.05, 3.63) is 95.2 Å². The van der Waals surface area contributed by atoms with Crippen molar-refractivity contribution >= 4 is 17.5 Å². The average Bonchev–Trinajstić information content (AvgIpc) is 3.53. The van der Waals surface area contributed by atoms with Crippen molar-refractivity contribution in [2.75, 3.05) is 18.0 Å². The van der Waals surface area contributed by atoms with E-state index < -0.39 is 17.6 Å². The van der Waals surface area contributed by atoms with Gasteiger partial charge in [-0.15, -0.1) is 0 Å². The van der Waals surface area contributed by atoms with Crippen molar-refractivity contribution in [1.82, 2.24) is 19.7 Å². The van der Waals surface area contributed by atoms with E-state index in [2.05, 4.69) is 10.1 Å². The molecule has 2 aromatic carbocycles. The van der Waals surface area contributed by atoms with Gasteiger partial charge in [0, 0.05) is 48.8 Å². The number of carbonyl (C=O) groups excluding carboxylic acids is 2. The summed E-state index contributed by atoms with van der Waals surface area (Å²) in [5.41, 5.74) is 2.70. The largest absolute Gasteiger partial charge is 0.419 e. The van der Waals surface area contributed by atoms with Crippen LogP contribution in [0.15, 0.2) is 67.0 Å². The van der Waals surface area contributed by atoms with Crippen LogP contribution in [-0.4, -0.2) is 50.6 Å². The summed E-state index contributed by atoms with van der Waals surface area (Å²) in [6, 6.07) is 13.4. The molecule has 11 heteroatoms. The molecule has 4 heterocycles. The molecule has 210 valence electrons. The number of pyridine rings is 1. The number of benzene rings is 2. The number of nitrogens with zero attached hydrogens (tertiary/aromatic N) is 5. The Morgan fingerprint density at radius 3 is 2.49 bits per heavy atom. The smallest absolute Gasteiger partial charge is 0.337 e. The monoisotopic (exact) mass is 563 g/mol. The first kappa shape index (κ1) is 26.7. The minimum atomic E-state index is -4.84. The Bertz CT molecular complexity index is 1640. The van der Waals surface area contributed by atoms with Crippen LogP contribution in [0.5, 0.6) is 0 Å². The fourth-order valence-electron chi connectivity index (χ4n) is 5.63. The van der Waals surface area contributed by atoms with Crippen LogP contribution < -0.4 is 4.90 Å². The van der Waals surface area contributed by atoms with Gasteiger partial charge in [0.05, 0.1) is 23.4 Å². The van der Waals surface area contributed by atoms with E-state index in [1.807, 2.05) is 30.0 Å². The Hall–Kier alpha value is -4.54. The van der Waals surface area contributed by atoms with Crippen LogP contribution in [0.3, 0.4) is 0 Å². The van der Waals surface area contributed by atoms with Crippen LogP contribution in [0.4, 0.5) is 23.2 Å². The number of likely N-dealkylation sites (tertiary alicyclic amines) is 1. The summed E-state index contributed by atoms with van der Waals surface area (Å²) in [7, 11) is 0. The lowest BCUT2D eigenvalue weighted by Crippen LogP contribution is -2.48. The Morgan fingerprint density at radius 2 is 1.80 bits per heavy atom. The van der Waals surface area contributed by atoms with E-state index in [1.54, 1.807) is 23.2 Å². The number of amides is 2. The summed E-state index contributed by atoms with van der Waals surface area (Å²) < 4.78 is 55.1. The topological polar surface area (TPSA) is 71.3 Å². The molecule has 0 bridgehead atoms. The second-order valence-corrected chi connectivity index (χ2v) is 10.3. The average molecular weight is 564 g/mol. The number of aryl methyl sites for hydroxylation is 1. The molecule has 0 N–H and O–H groups in total. The molecule has 1 saturated heterocycles. The molecule has 2 aromatic heterocycles. The van der Waals surface area contributed by atoms with E-state index in [4.69, 9.17) is 0 Å². The molecule has 0 unspecified atom stereocenters. The zero-order chi connectivity index (χ0) is 28.9. The molecule has 0 radical (unpaired) electrons. The third-order valence-electron chi connectivity index (χ3n) is 7.61. The molecule has 7 nitrogen and oxygen atoms in total. The molecule has 0 saturated carbocycles. The number of carbonyl (C=O) groups is 2. The molecule has 2 aliphatic rings. The highest BCUT2D eigenvalue weighted by atomic mass is 19.4. The summed E-state index contributed by atoms with van der Waals surface area (Å²) in [5, 5.41) is 4.40. The van der Waals surface area contributed by atoms with E-state index in [0.717, 1.165) is 28.9 Å². The van der Waals surface area contributed by atoms with E-state index in [9.17, 15) is 27.2 Å². The molecule has 2 amide bonds. The van der Waals surface area contributed by atoms with Gasteiger partial charge in [0.2, 0.25) is 5.91 Å². The predicted molar refractivity (Wildman–Crippen MR) is 143 cm³/mol.